The van der Waals surface area contributed by atoms with E-state index in [-0.39, 0.29) is 0 Å². The van der Waals surface area contributed by atoms with Gasteiger partial charge in [0.15, 0.2) is 5.82 Å². The molecule has 0 atom stereocenters. The SMILES string of the molecule is c1cc2c(c(-c3nc(C4CC4)no3)c1)CCNC2. The molecule has 4 heteroatoms. The molecule has 0 bridgehead atoms. The van der Waals surface area contributed by atoms with Crippen LogP contribution in [-0.4, -0.2) is 16.7 Å². The molecule has 0 saturated heterocycles. The fourth-order valence-corrected chi connectivity index (χ4v) is 2.58. The van der Waals surface area contributed by atoms with Crippen molar-refractivity contribution in [2.45, 2.75) is 31.7 Å². The Morgan fingerprint density at radius 1 is 1.28 bits per heavy atom. The Morgan fingerprint density at radius 2 is 2.22 bits per heavy atom. The van der Waals surface area contributed by atoms with Crippen molar-refractivity contribution in [2.75, 3.05) is 6.54 Å². The lowest BCUT2D eigenvalue weighted by molar-refractivity contribution is 0.422. The highest BCUT2D eigenvalue weighted by Crippen LogP contribution is 2.39. The summed E-state index contributed by atoms with van der Waals surface area (Å²) >= 11 is 0. The summed E-state index contributed by atoms with van der Waals surface area (Å²) in [5.74, 6) is 2.12. The second kappa shape index (κ2) is 3.92. The van der Waals surface area contributed by atoms with Gasteiger partial charge >= 0.3 is 0 Å². The van der Waals surface area contributed by atoms with E-state index in [2.05, 4.69) is 33.7 Å². The first-order valence-corrected chi connectivity index (χ1v) is 6.57. The third kappa shape index (κ3) is 1.64. The first kappa shape index (κ1) is 10.3. The van der Waals surface area contributed by atoms with E-state index in [1.54, 1.807) is 0 Å². The van der Waals surface area contributed by atoms with E-state index >= 15 is 0 Å². The Bertz CT molecular complexity index is 586. The van der Waals surface area contributed by atoms with E-state index in [1.807, 2.05) is 0 Å². The van der Waals surface area contributed by atoms with E-state index in [0.29, 0.717) is 11.8 Å². The molecule has 1 aromatic carbocycles. The largest absolute Gasteiger partial charge is 0.334 e. The van der Waals surface area contributed by atoms with Crippen LogP contribution >= 0.6 is 0 Å². The molecule has 2 heterocycles. The number of hydrogen-bond acceptors (Lipinski definition) is 4. The molecule has 1 N–H and O–H groups in total. The van der Waals surface area contributed by atoms with Crippen LogP contribution in [0.3, 0.4) is 0 Å². The van der Waals surface area contributed by atoms with Crippen molar-refractivity contribution in [1.29, 1.82) is 0 Å². The van der Waals surface area contributed by atoms with Gasteiger partial charge in [0.1, 0.15) is 0 Å². The Kier molecular flexibility index (Phi) is 2.23. The molecule has 4 nitrogen and oxygen atoms in total. The maximum absolute atomic E-state index is 5.44. The zero-order valence-corrected chi connectivity index (χ0v) is 10.1. The highest BCUT2D eigenvalue weighted by molar-refractivity contribution is 5.61. The van der Waals surface area contributed by atoms with Crippen LogP contribution in [0.1, 0.15) is 35.7 Å². The van der Waals surface area contributed by atoms with Gasteiger partial charge in [0.2, 0.25) is 0 Å². The minimum absolute atomic E-state index is 0.545. The molecule has 1 aliphatic carbocycles. The van der Waals surface area contributed by atoms with Gasteiger partial charge in [-0.1, -0.05) is 17.3 Å². The maximum atomic E-state index is 5.44. The molecule has 0 radical (unpaired) electrons. The summed E-state index contributed by atoms with van der Waals surface area (Å²) in [4.78, 5) is 4.55. The molecule has 0 spiro atoms. The Labute approximate surface area is 105 Å². The van der Waals surface area contributed by atoms with Crippen LogP contribution in [0.5, 0.6) is 0 Å². The molecule has 18 heavy (non-hydrogen) atoms. The molecule has 2 aromatic rings. The van der Waals surface area contributed by atoms with Crippen LogP contribution in [0.15, 0.2) is 22.7 Å². The van der Waals surface area contributed by atoms with E-state index < -0.39 is 0 Å². The summed E-state index contributed by atoms with van der Waals surface area (Å²) in [5.41, 5.74) is 3.83. The average molecular weight is 241 g/mol. The van der Waals surface area contributed by atoms with Gasteiger partial charge in [0.25, 0.3) is 5.89 Å². The third-order valence-electron chi connectivity index (χ3n) is 3.75. The lowest BCUT2D eigenvalue weighted by Gasteiger charge is -2.18. The molecule has 4 rings (SSSR count). The quantitative estimate of drug-likeness (QED) is 0.876. The highest BCUT2D eigenvalue weighted by atomic mass is 16.5. The smallest absolute Gasteiger partial charge is 0.258 e. The third-order valence-corrected chi connectivity index (χ3v) is 3.75. The van der Waals surface area contributed by atoms with Crippen molar-refractivity contribution in [2.24, 2.45) is 0 Å². The molecule has 1 aromatic heterocycles. The predicted octanol–water partition coefficient (Wildman–Crippen LogP) is 2.26. The van der Waals surface area contributed by atoms with Crippen molar-refractivity contribution >= 4 is 0 Å². The first-order chi connectivity index (χ1) is 8.92. The molecule has 0 unspecified atom stereocenters. The van der Waals surface area contributed by atoms with Gasteiger partial charge in [0.05, 0.1) is 0 Å². The Hall–Kier alpha value is -1.68. The van der Waals surface area contributed by atoms with Crippen molar-refractivity contribution in [3.63, 3.8) is 0 Å². The van der Waals surface area contributed by atoms with E-state index in [0.717, 1.165) is 30.9 Å². The van der Waals surface area contributed by atoms with Crippen molar-refractivity contribution < 1.29 is 4.52 Å². The second-order valence-electron chi connectivity index (χ2n) is 5.10. The van der Waals surface area contributed by atoms with Crippen molar-refractivity contribution in [3.05, 3.63) is 35.2 Å². The van der Waals surface area contributed by atoms with Crippen LogP contribution in [0.4, 0.5) is 0 Å². The molecule has 0 amide bonds. The monoisotopic (exact) mass is 241 g/mol. The summed E-state index contributed by atoms with van der Waals surface area (Å²) in [6, 6.07) is 6.33. The van der Waals surface area contributed by atoms with Crippen LogP contribution in [0, 0.1) is 0 Å². The first-order valence-electron chi connectivity index (χ1n) is 6.57. The molecule has 1 fully saturated rings. The summed E-state index contributed by atoms with van der Waals surface area (Å²) in [6.07, 6.45) is 3.44. The summed E-state index contributed by atoms with van der Waals surface area (Å²) in [5, 5.41) is 7.49. The molecular weight excluding hydrogens is 226 g/mol. The van der Waals surface area contributed by atoms with E-state index in [4.69, 9.17) is 4.52 Å². The van der Waals surface area contributed by atoms with Crippen molar-refractivity contribution in [1.82, 2.24) is 15.5 Å². The summed E-state index contributed by atoms with van der Waals surface area (Å²) < 4.78 is 5.44. The number of aromatic nitrogens is 2. The number of hydrogen-bond donors (Lipinski definition) is 1. The normalized spacial score (nSPS) is 18.7. The number of benzene rings is 1. The van der Waals surface area contributed by atoms with Gasteiger partial charge in [-0.3, -0.25) is 0 Å². The number of nitrogens with zero attached hydrogens (tertiary/aromatic N) is 2. The highest BCUT2D eigenvalue weighted by Gasteiger charge is 2.29. The second-order valence-corrected chi connectivity index (χ2v) is 5.10. The minimum atomic E-state index is 0.545. The number of fused-ring (bicyclic) bond motifs is 1. The zero-order valence-electron chi connectivity index (χ0n) is 10.1. The van der Waals surface area contributed by atoms with Gasteiger partial charge in [-0.15, -0.1) is 0 Å². The number of rotatable bonds is 2. The summed E-state index contributed by atoms with van der Waals surface area (Å²) in [6.45, 7) is 1.96. The van der Waals surface area contributed by atoms with Gasteiger partial charge < -0.3 is 9.84 Å². The predicted molar refractivity (Wildman–Crippen MR) is 67.1 cm³/mol. The van der Waals surface area contributed by atoms with E-state index in [1.165, 1.54) is 24.0 Å². The Balaban J connectivity index is 1.78. The van der Waals surface area contributed by atoms with Gasteiger partial charge in [-0.25, -0.2) is 0 Å². The standard InChI is InChI=1S/C14H15N3O/c1-2-10-8-15-7-6-11(10)12(3-1)14-16-13(17-18-14)9-4-5-9/h1-3,9,15H,4-8H2. The lowest BCUT2D eigenvalue weighted by atomic mass is 9.95. The fourth-order valence-electron chi connectivity index (χ4n) is 2.58. The number of nitrogens with one attached hydrogen (secondary N) is 1. The lowest BCUT2D eigenvalue weighted by Crippen LogP contribution is -2.24. The van der Waals surface area contributed by atoms with Crippen LogP contribution in [0.25, 0.3) is 11.5 Å². The van der Waals surface area contributed by atoms with E-state index in [9.17, 15) is 0 Å². The average Bonchev–Trinajstić information content (AvgIpc) is 3.16. The molecular formula is C14H15N3O. The van der Waals surface area contributed by atoms with Crippen LogP contribution in [-0.2, 0) is 13.0 Å². The molecule has 2 aliphatic rings. The molecule has 92 valence electrons. The minimum Gasteiger partial charge on any atom is -0.334 e. The van der Waals surface area contributed by atoms with Gasteiger partial charge in [0, 0.05) is 18.0 Å². The van der Waals surface area contributed by atoms with Crippen LogP contribution < -0.4 is 5.32 Å². The zero-order chi connectivity index (χ0) is 11.9. The molecule has 1 saturated carbocycles. The maximum Gasteiger partial charge on any atom is 0.258 e. The van der Waals surface area contributed by atoms with Crippen molar-refractivity contribution in [3.8, 4) is 11.5 Å². The van der Waals surface area contributed by atoms with Gasteiger partial charge in [-0.2, -0.15) is 4.98 Å². The molecule has 1 aliphatic heterocycles. The Morgan fingerprint density at radius 3 is 3.11 bits per heavy atom. The summed E-state index contributed by atoms with van der Waals surface area (Å²) in [7, 11) is 0. The van der Waals surface area contributed by atoms with Crippen LogP contribution in [0.2, 0.25) is 0 Å². The fraction of sp³-hybridized carbons (Fsp3) is 0.429. The van der Waals surface area contributed by atoms with Gasteiger partial charge in [-0.05, 0) is 43.0 Å². The topological polar surface area (TPSA) is 51.0 Å².